The second kappa shape index (κ2) is 6.25. The largest absolute Gasteiger partial charge is 0.370 e. The highest BCUT2D eigenvalue weighted by Gasteiger charge is 2.11. The molecule has 0 spiro atoms. The van der Waals surface area contributed by atoms with Crippen molar-refractivity contribution < 1.29 is 4.79 Å². The summed E-state index contributed by atoms with van der Waals surface area (Å²) in [4.78, 5) is 10.7. The Bertz CT molecular complexity index is 436. The Hall–Kier alpha value is -1.55. The first-order valence-electron chi connectivity index (χ1n) is 5.23. The van der Waals surface area contributed by atoms with E-state index in [9.17, 15) is 4.79 Å². The Balaban J connectivity index is 2.58. The minimum atomic E-state index is -0.347. The molecule has 0 aliphatic rings. The van der Waals surface area contributed by atoms with Crippen LogP contribution in [0.1, 0.15) is 19.2 Å². The molecule has 92 valence electrons. The van der Waals surface area contributed by atoms with Crippen LogP contribution < -0.4 is 5.73 Å². The smallest absolute Gasteiger partial charge is 0.217 e. The summed E-state index contributed by atoms with van der Waals surface area (Å²) in [5.74, 6) is 1.04. The zero-order valence-corrected chi connectivity index (χ0v) is 10.7. The molecule has 0 aliphatic carbocycles. The molecule has 1 amide bonds. The van der Waals surface area contributed by atoms with Gasteiger partial charge in [-0.05, 0) is 6.92 Å². The standard InChI is InChI=1S/C10H15N5OS/c1-7(5-11)6-17-10-14-13-9(15(10)2)4-3-8(12)16/h7H,3-4,6H2,1-2H3,(H2,12,16)/t7-/m1/s1. The van der Waals surface area contributed by atoms with Crippen molar-refractivity contribution in [1.29, 1.82) is 5.26 Å². The number of amides is 1. The molecule has 1 aromatic rings. The van der Waals surface area contributed by atoms with Gasteiger partial charge in [0.15, 0.2) is 5.16 Å². The lowest BCUT2D eigenvalue weighted by molar-refractivity contribution is -0.118. The predicted molar refractivity (Wildman–Crippen MR) is 64.0 cm³/mol. The Morgan fingerprint density at radius 1 is 1.65 bits per heavy atom. The number of hydrogen-bond acceptors (Lipinski definition) is 5. The minimum absolute atomic E-state index is 0.0224. The molecule has 0 radical (unpaired) electrons. The van der Waals surface area contributed by atoms with Gasteiger partial charge in [0.25, 0.3) is 0 Å². The van der Waals surface area contributed by atoms with Crippen LogP contribution in [0.5, 0.6) is 0 Å². The fourth-order valence-electron chi connectivity index (χ4n) is 1.16. The summed E-state index contributed by atoms with van der Waals surface area (Å²) in [6.45, 7) is 1.86. The summed E-state index contributed by atoms with van der Waals surface area (Å²) in [5, 5.41) is 17.4. The summed E-state index contributed by atoms with van der Waals surface area (Å²) < 4.78 is 1.83. The van der Waals surface area contributed by atoms with E-state index in [1.54, 1.807) is 0 Å². The highest BCUT2D eigenvalue weighted by atomic mass is 32.2. The quantitative estimate of drug-likeness (QED) is 0.744. The Morgan fingerprint density at radius 2 is 2.35 bits per heavy atom. The molecule has 0 unspecified atom stereocenters. The molecular weight excluding hydrogens is 238 g/mol. The summed E-state index contributed by atoms with van der Waals surface area (Å²) in [6, 6.07) is 2.16. The molecule has 0 bridgehead atoms. The third-order valence-electron chi connectivity index (χ3n) is 2.20. The predicted octanol–water partition coefficient (Wildman–Crippen LogP) is 0.485. The van der Waals surface area contributed by atoms with E-state index in [1.807, 2.05) is 18.5 Å². The van der Waals surface area contributed by atoms with Crippen LogP contribution in [0.3, 0.4) is 0 Å². The van der Waals surface area contributed by atoms with Gasteiger partial charge in [-0.25, -0.2) is 0 Å². The Morgan fingerprint density at radius 3 is 2.94 bits per heavy atom. The van der Waals surface area contributed by atoms with Crippen LogP contribution in [0.4, 0.5) is 0 Å². The van der Waals surface area contributed by atoms with E-state index in [4.69, 9.17) is 11.0 Å². The van der Waals surface area contributed by atoms with Crippen molar-refractivity contribution >= 4 is 17.7 Å². The fraction of sp³-hybridized carbons (Fsp3) is 0.600. The van der Waals surface area contributed by atoms with Gasteiger partial charge in [-0.2, -0.15) is 5.26 Å². The van der Waals surface area contributed by atoms with Crippen molar-refractivity contribution in [1.82, 2.24) is 14.8 Å². The number of nitrogens with zero attached hydrogens (tertiary/aromatic N) is 4. The molecule has 0 aliphatic heterocycles. The van der Waals surface area contributed by atoms with Crippen molar-refractivity contribution in [3.63, 3.8) is 0 Å². The summed E-state index contributed by atoms with van der Waals surface area (Å²) in [6.07, 6.45) is 0.762. The molecule has 1 heterocycles. The van der Waals surface area contributed by atoms with Crippen molar-refractivity contribution in [3.8, 4) is 6.07 Å². The second-order valence-corrected chi connectivity index (χ2v) is 4.75. The average molecular weight is 253 g/mol. The van der Waals surface area contributed by atoms with Crippen LogP contribution in [0.2, 0.25) is 0 Å². The van der Waals surface area contributed by atoms with Crippen molar-refractivity contribution in [2.75, 3.05) is 5.75 Å². The highest BCUT2D eigenvalue weighted by Crippen LogP contribution is 2.18. The number of carbonyl (C=O) groups excluding carboxylic acids is 1. The van der Waals surface area contributed by atoms with Gasteiger partial charge in [-0.1, -0.05) is 11.8 Å². The van der Waals surface area contributed by atoms with E-state index < -0.39 is 0 Å². The first-order chi connectivity index (χ1) is 8.04. The van der Waals surface area contributed by atoms with Crippen LogP contribution in [0.15, 0.2) is 5.16 Å². The molecule has 2 N–H and O–H groups in total. The van der Waals surface area contributed by atoms with Gasteiger partial charge >= 0.3 is 0 Å². The highest BCUT2D eigenvalue weighted by molar-refractivity contribution is 7.99. The lowest BCUT2D eigenvalue weighted by Crippen LogP contribution is -2.12. The summed E-state index contributed by atoms with van der Waals surface area (Å²) in [7, 11) is 1.84. The maximum absolute atomic E-state index is 10.7. The molecule has 0 saturated carbocycles. The zero-order chi connectivity index (χ0) is 12.8. The Labute approximate surface area is 104 Å². The normalized spacial score (nSPS) is 12.1. The zero-order valence-electron chi connectivity index (χ0n) is 9.88. The number of rotatable bonds is 6. The number of nitrogens with two attached hydrogens (primary N) is 1. The second-order valence-electron chi connectivity index (χ2n) is 3.77. The first-order valence-corrected chi connectivity index (χ1v) is 6.22. The van der Waals surface area contributed by atoms with E-state index in [0.717, 1.165) is 11.0 Å². The third-order valence-corrected chi connectivity index (χ3v) is 3.48. The Kier molecular flexibility index (Phi) is 4.97. The van der Waals surface area contributed by atoms with Crippen molar-refractivity contribution in [2.45, 2.75) is 24.9 Å². The maximum Gasteiger partial charge on any atom is 0.217 e. The number of hydrogen-bond donors (Lipinski definition) is 1. The topological polar surface area (TPSA) is 97.6 Å². The maximum atomic E-state index is 10.7. The van der Waals surface area contributed by atoms with Gasteiger partial charge in [-0.3, -0.25) is 4.79 Å². The summed E-state index contributed by atoms with van der Waals surface area (Å²) in [5.41, 5.74) is 5.08. The molecule has 7 heteroatoms. The number of primary amides is 1. The monoisotopic (exact) mass is 253 g/mol. The minimum Gasteiger partial charge on any atom is -0.370 e. The fourth-order valence-corrected chi connectivity index (χ4v) is 2.03. The van der Waals surface area contributed by atoms with E-state index >= 15 is 0 Å². The van der Waals surface area contributed by atoms with Gasteiger partial charge in [0.2, 0.25) is 5.91 Å². The molecule has 1 rings (SSSR count). The SMILES string of the molecule is C[C@H](C#N)CSc1nnc(CCC(N)=O)n1C. The van der Waals surface area contributed by atoms with E-state index in [2.05, 4.69) is 16.3 Å². The first kappa shape index (κ1) is 13.5. The van der Waals surface area contributed by atoms with Gasteiger partial charge in [-0.15, -0.1) is 10.2 Å². The molecule has 1 atom stereocenters. The molecule has 6 nitrogen and oxygen atoms in total. The van der Waals surface area contributed by atoms with Crippen LogP contribution in [-0.4, -0.2) is 26.4 Å². The van der Waals surface area contributed by atoms with Crippen LogP contribution in [0, 0.1) is 17.2 Å². The number of thioether (sulfide) groups is 1. The van der Waals surface area contributed by atoms with Crippen LogP contribution in [-0.2, 0) is 18.3 Å². The lowest BCUT2D eigenvalue weighted by atomic mass is 10.3. The number of aryl methyl sites for hydroxylation is 1. The van der Waals surface area contributed by atoms with E-state index in [-0.39, 0.29) is 18.2 Å². The molecule has 17 heavy (non-hydrogen) atoms. The molecule has 0 fully saturated rings. The average Bonchev–Trinajstić information content (AvgIpc) is 2.64. The van der Waals surface area contributed by atoms with Gasteiger partial charge in [0, 0.05) is 25.6 Å². The summed E-state index contributed by atoms with van der Waals surface area (Å²) >= 11 is 1.49. The molecule has 1 aromatic heterocycles. The van der Waals surface area contributed by atoms with E-state index in [0.29, 0.717) is 12.2 Å². The number of aromatic nitrogens is 3. The van der Waals surface area contributed by atoms with E-state index in [1.165, 1.54) is 11.8 Å². The molecule has 0 aromatic carbocycles. The van der Waals surface area contributed by atoms with Crippen molar-refractivity contribution in [3.05, 3.63) is 5.82 Å². The lowest BCUT2D eigenvalue weighted by Gasteiger charge is -2.03. The third kappa shape index (κ3) is 4.07. The van der Waals surface area contributed by atoms with Gasteiger partial charge < -0.3 is 10.3 Å². The number of nitriles is 1. The van der Waals surface area contributed by atoms with Gasteiger partial charge in [0.05, 0.1) is 12.0 Å². The van der Waals surface area contributed by atoms with Crippen LogP contribution in [0.25, 0.3) is 0 Å². The molecule has 0 saturated heterocycles. The van der Waals surface area contributed by atoms with Crippen molar-refractivity contribution in [2.24, 2.45) is 18.7 Å². The number of carbonyl (C=O) groups is 1. The molecular formula is C10H15N5OS. The van der Waals surface area contributed by atoms with Crippen LogP contribution >= 0.6 is 11.8 Å². The van der Waals surface area contributed by atoms with Gasteiger partial charge in [0.1, 0.15) is 5.82 Å².